The number of nitrogens with one attached hydrogen (secondary N) is 1. The maximum absolute atomic E-state index is 13.4. The number of aromatic nitrogens is 1. The molecule has 96 valence electrons. The van der Waals surface area contributed by atoms with Gasteiger partial charge in [0.15, 0.2) is 0 Å². The van der Waals surface area contributed by atoms with Gasteiger partial charge in [-0.15, -0.1) is 11.3 Å². The van der Waals surface area contributed by atoms with Crippen LogP contribution in [0.1, 0.15) is 30.3 Å². The summed E-state index contributed by atoms with van der Waals surface area (Å²) in [5, 5.41) is 4.22. The molecule has 2 rings (SSSR count). The Balaban J connectivity index is 2.29. The molecule has 2 aromatic rings. The SMILES string of the molecule is CCNC(C)c1cnc(-c2cc(C)cc(F)c2)s1. The number of aryl methyl sites for hydroxylation is 1. The van der Waals surface area contributed by atoms with E-state index < -0.39 is 0 Å². The number of thiazole rings is 1. The van der Waals surface area contributed by atoms with Crippen LogP contribution >= 0.6 is 11.3 Å². The fourth-order valence-corrected chi connectivity index (χ4v) is 2.82. The number of benzene rings is 1. The topological polar surface area (TPSA) is 24.9 Å². The summed E-state index contributed by atoms with van der Waals surface area (Å²) in [6.45, 7) is 7.00. The predicted molar refractivity (Wildman–Crippen MR) is 74.3 cm³/mol. The number of halogens is 1. The summed E-state index contributed by atoms with van der Waals surface area (Å²) in [4.78, 5) is 5.56. The van der Waals surface area contributed by atoms with Crippen molar-refractivity contribution in [3.05, 3.63) is 40.7 Å². The average Bonchev–Trinajstić information content (AvgIpc) is 2.77. The lowest BCUT2D eigenvalue weighted by Crippen LogP contribution is -2.16. The highest BCUT2D eigenvalue weighted by atomic mass is 32.1. The minimum absolute atomic E-state index is 0.207. The smallest absolute Gasteiger partial charge is 0.124 e. The lowest BCUT2D eigenvalue weighted by atomic mass is 10.1. The maximum atomic E-state index is 13.4. The van der Waals surface area contributed by atoms with Crippen LogP contribution in [0.5, 0.6) is 0 Å². The lowest BCUT2D eigenvalue weighted by molar-refractivity contribution is 0.606. The normalized spacial score (nSPS) is 12.7. The molecule has 1 unspecified atom stereocenters. The van der Waals surface area contributed by atoms with Crippen molar-refractivity contribution in [1.82, 2.24) is 10.3 Å². The van der Waals surface area contributed by atoms with Gasteiger partial charge in [-0.25, -0.2) is 9.37 Å². The second-order valence-corrected chi connectivity index (χ2v) is 5.43. The average molecular weight is 264 g/mol. The molecule has 0 saturated heterocycles. The molecule has 0 radical (unpaired) electrons. The molecular formula is C14H17FN2S. The third-order valence-corrected chi connectivity index (χ3v) is 3.98. The summed E-state index contributed by atoms with van der Waals surface area (Å²) in [5.74, 6) is -0.207. The molecule has 1 aromatic carbocycles. The van der Waals surface area contributed by atoms with Gasteiger partial charge in [0, 0.05) is 22.7 Å². The highest BCUT2D eigenvalue weighted by Gasteiger charge is 2.10. The zero-order valence-corrected chi connectivity index (χ0v) is 11.6. The quantitative estimate of drug-likeness (QED) is 0.905. The molecule has 2 nitrogen and oxygen atoms in total. The fraction of sp³-hybridized carbons (Fsp3) is 0.357. The Morgan fingerprint density at radius 2 is 2.17 bits per heavy atom. The Kier molecular flexibility index (Phi) is 4.09. The predicted octanol–water partition coefficient (Wildman–Crippen LogP) is 3.93. The van der Waals surface area contributed by atoms with Crippen molar-refractivity contribution in [2.24, 2.45) is 0 Å². The summed E-state index contributed by atoms with van der Waals surface area (Å²) in [6.07, 6.45) is 1.87. The van der Waals surface area contributed by atoms with E-state index in [0.717, 1.165) is 22.7 Å². The minimum atomic E-state index is -0.207. The molecule has 0 aliphatic carbocycles. The Labute approximate surface area is 111 Å². The molecule has 4 heteroatoms. The standard InChI is InChI=1S/C14H17FN2S/c1-4-16-10(3)13-8-17-14(18-13)11-5-9(2)6-12(15)7-11/h5-8,10,16H,4H2,1-3H3. The van der Waals surface area contributed by atoms with Crippen LogP contribution in [0.3, 0.4) is 0 Å². The van der Waals surface area contributed by atoms with E-state index in [2.05, 4.69) is 24.1 Å². The van der Waals surface area contributed by atoms with Gasteiger partial charge in [0.1, 0.15) is 10.8 Å². The zero-order valence-electron chi connectivity index (χ0n) is 10.8. The monoisotopic (exact) mass is 264 g/mol. The van der Waals surface area contributed by atoms with Gasteiger partial charge in [0.25, 0.3) is 0 Å². The highest BCUT2D eigenvalue weighted by Crippen LogP contribution is 2.29. The van der Waals surface area contributed by atoms with E-state index in [4.69, 9.17) is 0 Å². The van der Waals surface area contributed by atoms with Crippen LogP contribution in [0, 0.1) is 12.7 Å². The van der Waals surface area contributed by atoms with E-state index in [1.165, 1.54) is 17.0 Å². The van der Waals surface area contributed by atoms with E-state index >= 15 is 0 Å². The van der Waals surface area contributed by atoms with Gasteiger partial charge in [-0.2, -0.15) is 0 Å². The highest BCUT2D eigenvalue weighted by molar-refractivity contribution is 7.15. The molecule has 0 amide bonds. The number of hydrogen-bond donors (Lipinski definition) is 1. The van der Waals surface area contributed by atoms with Crippen molar-refractivity contribution in [1.29, 1.82) is 0 Å². The first-order valence-corrected chi connectivity index (χ1v) is 6.88. The number of rotatable bonds is 4. The second-order valence-electron chi connectivity index (χ2n) is 4.36. The molecule has 0 saturated carbocycles. The van der Waals surface area contributed by atoms with Crippen LogP contribution in [0.15, 0.2) is 24.4 Å². The van der Waals surface area contributed by atoms with E-state index in [1.807, 2.05) is 19.2 Å². The van der Waals surface area contributed by atoms with Crippen LogP contribution in [0.4, 0.5) is 4.39 Å². The number of nitrogens with zero attached hydrogens (tertiary/aromatic N) is 1. The van der Waals surface area contributed by atoms with Gasteiger partial charge < -0.3 is 5.32 Å². The molecule has 0 spiro atoms. The van der Waals surface area contributed by atoms with Crippen molar-refractivity contribution in [2.75, 3.05) is 6.54 Å². The summed E-state index contributed by atoms with van der Waals surface area (Å²) >= 11 is 1.61. The Hall–Kier alpha value is -1.26. The number of hydrogen-bond acceptors (Lipinski definition) is 3. The van der Waals surface area contributed by atoms with Gasteiger partial charge in [0.2, 0.25) is 0 Å². The van der Waals surface area contributed by atoms with Crippen LogP contribution < -0.4 is 5.32 Å². The minimum Gasteiger partial charge on any atom is -0.310 e. The zero-order chi connectivity index (χ0) is 13.1. The third kappa shape index (κ3) is 2.94. The molecule has 0 fully saturated rings. The Bertz CT molecular complexity index is 516. The van der Waals surface area contributed by atoms with Crippen molar-refractivity contribution in [3.63, 3.8) is 0 Å². The maximum Gasteiger partial charge on any atom is 0.124 e. The molecule has 0 aliphatic rings. The van der Waals surface area contributed by atoms with Crippen LogP contribution in [-0.4, -0.2) is 11.5 Å². The molecule has 1 N–H and O–H groups in total. The van der Waals surface area contributed by atoms with E-state index in [9.17, 15) is 4.39 Å². The first-order chi connectivity index (χ1) is 8.60. The molecule has 18 heavy (non-hydrogen) atoms. The lowest BCUT2D eigenvalue weighted by Gasteiger charge is -2.08. The molecule has 0 aliphatic heterocycles. The molecule has 1 atom stereocenters. The van der Waals surface area contributed by atoms with Crippen molar-refractivity contribution in [3.8, 4) is 10.6 Å². The Morgan fingerprint density at radius 1 is 1.39 bits per heavy atom. The van der Waals surface area contributed by atoms with Crippen LogP contribution in [-0.2, 0) is 0 Å². The van der Waals surface area contributed by atoms with Gasteiger partial charge in [-0.1, -0.05) is 6.92 Å². The third-order valence-electron chi connectivity index (χ3n) is 2.75. The molecule has 1 aromatic heterocycles. The van der Waals surface area contributed by atoms with E-state index in [1.54, 1.807) is 11.3 Å². The van der Waals surface area contributed by atoms with Crippen LogP contribution in [0.2, 0.25) is 0 Å². The molecule has 1 heterocycles. The van der Waals surface area contributed by atoms with Gasteiger partial charge in [0.05, 0.1) is 0 Å². The summed E-state index contributed by atoms with van der Waals surface area (Å²) in [7, 11) is 0. The van der Waals surface area contributed by atoms with Crippen molar-refractivity contribution < 1.29 is 4.39 Å². The van der Waals surface area contributed by atoms with Gasteiger partial charge in [-0.05, 0) is 44.2 Å². The summed E-state index contributed by atoms with van der Waals surface area (Å²) in [5.41, 5.74) is 1.77. The largest absolute Gasteiger partial charge is 0.310 e. The fourth-order valence-electron chi connectivity index (χ4n) is 1.89. The van der Waals surface area contributed by atoms with Gasteiger partial charge >= 0.3 is 0 Å². The van der Waals surface area contributed by atoms with Crippen molar-refractivity contribution in [2.45, 2.75) is 26.8 Å². The summed E-state index contributed by atoms with van der Waals surface area (Å²) in [6, 6.07) is 5.31. The van der Waals surface area contributed by atoms with Crippen LogP contribution in [0.25, 0.3) is 10.6 Å². The van der Waals surface area contributed by atoms with E-state index in [0.29, 0.717) is 0 Å². The Morgan fingerprint density at radius 3 is 2.83 bits per heavy atom. The van der Waals surface area contributed by atoms with Crippen molar-refractivity contribution >= 4 is 11.3 Å². The molecule has 0 bridgehead atoms. The molecular weight excluding hydrogens is 247 g/mol. The van der Waals surface area contributed by atoms with E-state index in [-0.39, 0.29) is 11.9 Å². The van der Waals surface area contributed by atoms with Gasteiger partial charge in [-0.3, -0.25) is 0 Å². The first kappa shape index (κ1) is 13.2. The first-order valence-electron chi connectivity index (χ1n) is 6.07. The second kappa shape index (κ2) is 5.59. The summed E-state index contributed by atoms with van der Waals surface area (Å²) < 4.78 is 13.4.